The Labute approximate surface area is 99.6 Å². The minimum absolute atomic E-state index is 0.197. The third kappa shape index (κ3) is 4.83. The Morgan fingerprint density at radius 3 is 2.65 bits per heavy atom. The largest absolute Gasteiger partial charge is 0.480 e. The minimum atomic E-state index is -1.05. The lowest BCUT2D eigenvalue weighted by Crippen LogP contribution is -2.53. The van der Waals surface area contributed by atoms with Gasteiger partial charge >= 0.3 is 12.0 Å². The molecule has 1 aliphatic rings. The Balaban J connectivity index is 2.45. The number of hydrogen-bond acceptors (Lipinski definition) is 4. The van der Waals surface area contributed by atoms with Crippen LogP contribution in [0.15, 0.2) is 12.7 Å². The SMILES string of the molecule is C=CCN(CC(=O)O)C(=O)NN1CCOCC1. The fourth-order valence-corrected chi connectivity index (χ4v) is 1.42. The van der Waals surface area contributed by atoms with Gasteiger partial charge in [0.05, 0.1) is 13.2 Å². The summed E-state index contributed by atoms with van der Waals surface area (Å²) < 4.78 is 5.14. The molecule has 7 heteroatoms. The van der Waals surface area contributed by atoms with Gasteiger partial charge in [0.25, 0.3) is 0 Å². The Bertz CT molecular complexity index is 289. The van der Waals surface area contributed by atoms with Crippen LogP contribution in [-0.4, -0.2) is 66.4 Å². The lowest BCUT2D eigenvalue weighted by molar-refractivity contribution is -0.137. The van der Waals surface area contributed by atoms with Crippen LogP contribution >= 0.6 is 0 Å². The molecular weight excluding hydrogens is 226 g/mol. The maximum absolute atomic E-state index is 11.8. The van der Waals surface area contributed by atoms with Crippen LogP contribution in [0, 0.1) is 0 Å². The zero-order chi connectivity index (χ0) is 12.7. The number of urea groups is 1. The van der Waals surface area contributed by atoms with Crippen molar-refractivity contribution in [3.05, 3.63) is 12.7 Å². The molecule has 0 aromatic carbocycles. The molecule has 1 aliphatic heterocycles. The molecule has 0 spiro atoms. The number of ether oxygens (including phenoxy) is 1. The van der Waals surface area contributed by atoms with Crippen molar-refractivity contribution in [3.8, 4) is 0 Å². The quantitative estimate of drug-likeness (QED) is 0.637. The molecule has 0 saturated carbocycles. The van der Waals surface area contributed by atoms with Crippen LogP contribution in [-0.2, 0) is 9.53 Å². The standard InChI is InChI=1S/C10H17N3O4/c1-2-3-12(8-9(14)15)10(16)11-13-4-6-17-7-5-13/h2H,1,3-8H2,(H,11,16)(H,14,15). The molecule has 96 valence electrons. The summed E-state index contributed by atoms with van der Waals surface area (Å²) in [6, 6.07) is -0.436. The van der Waals surface area contributed by atoms with E-state index >= 15 is 0 Å². The van der Waals surface area contributed by atoms with E-state index in [1.54, 1.807) is 5.01 Å². The summed E-state index contributed by atoms with van der Waals surface area (Å²) in [4.78, 5) is 23.5. The van der Waals surface area contributed by atoms with E-state index in [-0.39, 0.29) is 13.1 Å². The fourth-order valence-electron chi connectivity index (χ4n) is 1.42. The second-order valence-corrected chi connectivity index (χ2v) is 3.58. The lowest BCUT2D eigenvalue weighted by atomic mass is 10.5. The molecule has 0 aromatic heterocycles. The molecule has 1 rings (SSSR count). The number of hydrogen-bond donors (Lipinski definition) is 2. The van der Waals surface area contributed by atoms with Crippen LogP contribution in [0.25, 0.3) is 0 Å². The van der Waals surface area contributed by atoms with Crippen LogP contribution in [0.1, 0.15) is 0 Å². The average Bonchev–Trinajstić information content (AvgIpc) is 2.29. The predicted molar refractivity (Wildman–Crippen MR) is 60.3 cm³/mol. The zero-order valence-corrected chi connectivity index (χ0v) is 9.59. The summed E-state index contributed by atoms with van der Waals surface area (Å²) >= 11 is 0. The Morgan fingerprint density at radius 2 is 2.12 bits per heavy atom. The molecule has 0 atom stereocenters. The van der Waals surface area contributed by atoms with Crippen molar-refractivity contribution in [3.63, 3.8) is 0 Å². The van der Waals surface area contributed by atoms with Crippen LogP contribution in [0.3, 0.4) is 0 Å². The number of amides is 2. The van der Waals surface area contributed by atoms with E-state index < -0.39 is 12.0 Å². The lowest BCUT2D eigenvalue weighted by Gasteiger charge is -2.29. The summed E-state index contributed by atoms with van der Waals surface area (Å²) in [6.07, 6.45) is 1.49. The van der Waals surface area contributed by atoms with Crippen molar-refractivity contribution in [2.24, 2.45) is 0 Å². The van der Waals surface area contributed by atoms with E-state index in [0.717, 1.165) is 0 Å². The van der Waals surface area contributed by atoms with E-state index in [9.17, 15) is 9.59 Å². The van der Waals surface area contributed by atoms with Gasteiger partial charge in [0.2, 0.25) is 0 Å². The van der Waals surface area contributed by atoms with E-state index in [1.807, 2.05) is 0 Å². The molecule has 0 unspecified atom stereocenters. The molecule has 1 saturated heterocycles. The predicted octanol–water partition coefficient (Wildman–Crippen LogP) is -0.484. The third-order valence-electron chi connectivity index (χ3n) is 2.23. The highest BCUT2D eigenvalue weighted by atomic mass is 16.5. The summed E-state index contributed by atoms with van der Waals surface area (Å²) in [6.45, 7) is 5.65. The van der Waals surface area contributed by atoms with Crippen molar-refractivity contribution in [1.29, 1.82) is 0 Å². The number of morpholine rings is 1. The Hall–Kier alpha value is -1.60. The van der Waals surface area contributed by atoms with Crippen molar-refractivity contribution in [1.82, 2.24) is 15.3 Å². The molecular formula is C10H17N3O4. The number of hydrazine groups is 1. The normalized spacial score (nSPS) is 16.2. The summed E-state index contributed by atoms with van der Waals surface area (Å²) in [5.41, 5.74) is 2.64. The number of carboxylic acid groups (broad SMARTS) is 1. The molecule has 1 fully saturated rings. The second-order valence-electron chi connectivity index (χ2n) is 3.58. The van der Waals surface area contributed by atoms with Gasteiger partial charge < -0.3 is 14.7 Å². The first-order valence-electron chi connectivity index (χ1n) is 5.34. The summed E-state index contributed by atoms with van der Waals surface area (Å²) in [5, 5.41) is 10.4. The van der Waals surface area contributed by atoms with Gasteiger partial charge in [-0.1, -0.05) is 6.08 Å². The van der Waals surface area contributed by atoms with Crippen molar-refractivity contribution in [2.75, 3.05) is 39.4 Å². The second kappa shape index (κ2) is 6.87. The van der Waals surface area contributed by atoms with Gasteiger partial charge in [0.15, 0.2) is 0 Å². The van der Waals surface area contributed by atoms with Gasteiger partial charge in [0, 0.05) is 19.6 Å². The molecule has 17 heavy (non-hydrogen) atoms. The van der Waals surface area contributed by atoms with E-state index in [0.29, 0.717) is 26.3 Å². The van der Waals surface area contributed by atoms with Crippen LogP contribution in [0.4, 0.5) is 4.79 Å². The summed E-state index contributed by atoms with van der Waals surface area (Å²) in [7, 11) is 0. The number of nitrogens with zero attached hydrogens (tertiary/aromatic N) is 2. The molecule has 7 nitrogen and oxygen atoms in total. The molecule has 0 radical (unpaired) electrons. The van der Waals surface area contributed by atoms with Gasteiger partial charge in [-0.3, -0.25) is 10.2 Å². The van der Waals surface area contributed by atoms with Crippen molar-refractivity contribution >= 4 is 12.0 Å². The van der Waals surface area contributed by atoms with Crippen LogP contribution in [0.2, 0.25) is 0 Å². The number of nitrogens with one attached hydrogen (secondary N) is 1. The van der Waals surface area contributed by atoms with E-state index in [4.69, 9.17) is 9.84 Å². The minimum Gasteiger partial charge on any atom is -0.480 e. The highest BCUT2D eigenvalue weighted by Crippen LogP contribution is 1.96. The molecule has 1 heterocycles. The van der Waals surface area contributed by atoms with E-state index in [1.165, 1.54) is 11.0 Å². The van der Waals surface area contributed by atoms with Gasteiger partial charge in [-0.15, -0.1) is 6.58 Å². The Morgan fingerprint density at radius 1 is 1.47 bits per heavy atom. The van der Waals surface area contributed by atoms with Crippen LogP contribution < -0.4 is 5.43 Å². The number of carboxylic acids is 1. The number of aliphatic carboxylic acids is 1. The zero-order valence-electron chi connectivity index (χ0n) is 9.59. The van der Waals surface area contributed by atoms with Gasteiger partial charge in [-0.25, -0.2) is 9.80 Å². The first-order chi connectivity index (χ1) is 8.13. The van der Waals surface area contributed by atoms with E-state index in [2.05, 4.69) is 12.0 Å². The topological polar surface area (TPSA) is 82.1 Å². The van der Waals surface area contributed by atoms with Gasteiger partial charge in [-0.2, -0.15) is 0 Å². The highest BCUT2D eigenvalue weighted by molar-refractivity contribution is 5.79. The molecule has 0 aromatic rings. The fraction of sp³-hybridized carbons (Fsp3) is 0.600. The van der Waals surface area contributed by atoms with Crippen LogP contribution in [0.5, 0.6) is 0 Å². The maximum Gasteiger partial charge on any atom is 0.332 e. The summed E-state index contributed by atoms with van der Waals surface area (Å²) in [5.74, 6) is -1.05. The highest BCUT2D eigenvalue weighted by Gasteiger charge is 2.19. The van der Waals surface area contributed by atoms with Crippen molar-refractivity contribution in [2.45, 2.75) is 0 Å². The molecule has 0 aliphatic carbocycles. The van der Waals surface area contributed by atoms with Gasteiger partial charge in [0.1, 0.15) is 6.54 Å². The average molecular weight is 243 g/mol. The maximum atomic E-state index is 11.8. The molecule has 2 amide bonds. The first kappa shape index (κ1) is 13.5. The number of rotatable bonds is 5. The van der Waals surface area contributed by atoms with Crippen molar-refractivity contribution < 1.29 is 19.4 Å². The number of carbonyl (C=O) groups excluding carboxylic acids is 1. The van der Waals surface area contributed by atoms with Gasteiger partial charge in [-0.05, 0) is 0 Å². The first-order valence-corrected chi connectivity index (χ1v) is 5.34. The molecule has 2 N–H and O–H groups in total. The monoisotopic (exact) mass is 243 g/mol. The molecule has 0 bridgehead atoms. The number of carbonyl (C=O) groups is 2. The smallest absolute Gasteiger partial charge is 0.332 e. The third-order valence-corrected chi connectivity index (χ3v) is 2.23. The Kier molecular flexibility index (Phi) is 5.44.